The summed E-state index contributed by atoms with van der Waals surface area (Å²) in [5.74, 6) is 0.579. The Bertz CT molecular complexity index is 448. The molecule has 3 heteroatoms. The lowest BCUT2D eigenvalue weighted by atomic mass is 9.96. The van der Waals surface area contributed by atoms with E-state index in [0.29, 0.717) is 5.92 Å². The number of anilines is 1. The van der Waals surface area contributed by atoms with Crippen LogP contribution in [-0.2, 0) is 4.74 Å². The quantitative estimate of drug-likeness (QED) is 0.820. The summed E-state index contributed by atoms with van der Waals surface area (Å²) in [7, 11) is 1.76. The Hall–Kier alpha value is -1.53. The third-order valence-corrected chi connectivity index (χ3v) is 3.60. The van der Waals surface area contributed by atoms with Gasteiger partial charge >= 0.3 is 0 Å². The molecule has 1 aromatic carbocycles. The van der Waals surface area contributed by atoms with Crippen LogP contribution in [0.5, 0.6) is 0 Å². The van der Waals surface area contributed by atoms with Crippen LogP contribution in [0.15, 0.2) is 18.2 Å². The molecule has 1 aromatic rings. The molecular weight excluding hydrogens is 224 g/mol. The zero-order chi connectivity index (χ0) is 13.0. The van der Waals surface area contributed by atoms with Gasteiger partial charge in [0.25, 0.3) is 0 Å². The zero-order valence-corrected chi connectivity index (χ0v) is 11.1. The minimum absolute atomic E-state index is 0.579. The Kier molecular flexibility index (Phi) is 4.22. The van der Waals surface area contributed by atoms with Gasteiger partial charge in [0.1, 0.15) is 6.07 Å². The first kappa shape index (κ1) is 12.9. The van der Waals surface area contributed by atoms with Crippen LogP contribution in [0.25, 0.3) is 0 Å². The third-order valence-electron chi connectivity index (χ3n) is 3.60. The second kappa shape index (κ2) is 5.88. The van der Waals surface area contributed by atoms with Crippen molar-refractivity contribution in [3.05, 3.63) is 29.3 Å². The number of nitriles is 1. The number of ether oxygens (including phenoxy) is 1. The van der Waals surface area contributed by atoms with E-state index in [2.05, 4.69) is 24.0 Å². The first-order valence-corrected chi connectivity index (χ1v) is 6.50. The average molecular weight is 244 g/mol. The van der Waals surface area contributed by atoms with Crippen molar-refractivity contribution in [3.8, 4) is 6.07 Å². The molecule has 1 atom stereocenters. The van der Waals surface area contributed by atoms with Gasteiger partial charge < -0.3 is 9.64 Å². The van der Waals surface area contributed by atoms with E-state index in [0.717, 1.165) is 30.9 Å². The molecule has 1 fully saturated rings. The van der Waals surface area contributed by atoms with Crippen LogP contribution in [-0.4, -0.2) is 26.8 Å². The standard InChI is InChI=1S/C15H20N2O/c1-12-5-3-7-14(9-16)15(12)17-8-4-6-13(10-17)11-18-2/h3,5,7,13H,4,6,8,10-11H2,1-2H3. The summed E-state index contributed by atoms with van der Waals surface area (Å²) in [6.45, 7) is 4.92. The van der Waals surface area contributed by atoms with Gasteiger partial charge in [-0.2, -0.15) is 5.26 Å². The molecule has 0 spiro atoms. The number of para-hydroxylation sites is 1. The summed E-state index contributed by atoms with van der Waals surface area (Å²) >= 11 is 0. The number of nitrogens with zero attached hydrogens (tertiary/aromatic N) is 2. The van der Waals surface area contributed by atoms with Crippen molar-refractivity contribution in [1.82, 2.24) is 0 Å². The van der Waals surface area contributed by atoms with Gasteiger partial charge in [0.2, 0.25) is 0 Å². The molecule has 0 N–H and O–H groups in total. The van der Waals surface area contributed by atoms with Crippen LogP contribution >= 0.6 is 0 Å². The first-order valence-electron chi connectivity index (χ1n) is 6.50. The number of benzene rings is 1. The highest BCUT2D eigenvalue weighted by atomic mass is 16.5. The van der Waals surface area contributed by atoms with Crippen molar-refractivity contribution in [2.45, 2.75) is 19.8 Å². The Labute approximate surface area is 109 Å². The van der Waals surface area contributed by atoms with Gasteiger partial charge in [0.05, 0.1) is 17.9 Å². The van der Waals surface area contributed by atoms with Gasteiger partial charge in [-0.1, -0.05) is 12.1 Å². The summed E-state index contributed by atoms with van der Waals surface area (Å²) < 4.78 is 5.26. The fourth-order valence-corrected chi connectivity index (χ4v) is 2.81. The number of aryl methyl sites for hydroxylation is 1. The highest BCUT2D eigenvalue weighted by molar-refractivity contribution is 5.64. The van der Waals surface area contributed by atoms with Crippen molar-refractivity contribution < 1.29 is 4.74 Å². The minimum atomic E-state index is 0.579. The summed E-state index contributed by atoms with van der Waals surface area (Å²) in [5, 5.41) is 9.24. The fraction of sp³-hybridized carbons (Fsp3) is 0.533. The molecule has 0 aliphatic carbocycles. The smallest absolute Gasteiger partial charge is 0.101 e. The van der Waals surface area contributed by atoms with Gasteiger partial charge in [0.15, 0.2) is 0 Å². The second-order valence-electron chi connectivity index (χ2n) is 4.99. The minimum Gasteiger partial charge on any atom is -0.384 e. The summed E-state index contributed by atoms with van der Waals surface area (Å²) in [6.07, 6.45) is 2.39. The topological polar surface area (TPSA) is 36.3 Å². The lowest BCUT2D eigenvalue weighted by Gasteiger charge is -2.35. The van der Waals surface area contributed by atoms with Gasteiger partial charge in [-0.25, -0.2) is 0 Å². The van der Waals surface area contributed by atoms with Crippen molar-refractivity contribution in [2.24, 2.45) is 5.92 Å². The van der Waals surface area contributed by atoms with E-state index in [9.17, 15) is 5.26 Å². The highest BCUT2D eigenvalue weighted by Gasteiger charge is 2.22. The maximum atomic E-state index is 9.24. The molecule has 1 aliphatic rings. The molecule has 3 nitrogen and oxygen atoms in total. The predicted molar refractivity (Wildman–Crippen MR) is 72.7 cm³/mol. The van der Waals surface area contributed by atoms with Crippen LogP contribution < -0.4 is 4.90 Å². The van der Waals surface area contributed by atoms with E-state index in [1.807, 2.05) is 12.1 Å². The molecule has 2 rings (SSSR count). The maximum Gasteiger partial charge on any atom is 0.101 e. The number of rotatable bonds is 3. The van der Waals surface area contributed by atoms with E-state index in [4.69, 9.17) is 4.74 Å². The van der Waals surface area contributed by atoms with Crippen LogP contribution in [0, 0.1) is 24.2 Å². The SMILES string of the molecule is COCC1CCCN(c2c(C)cccc2C#N)C1. The number of hydrogen-bond donors (Lipinski definition) is 0. The molecule has 1 saturated heterocycles. The summed E-state index contributed by atoms with van der Waals surface area (Å²) in [4.78, 5) is 2.35. The van der Waals surface area contributed by atoms with Crippen molar-refractivity contribution in [2.75, 3.05) is 31.7 Å². The van der Waals surface area contributed by atoms with E-state index in [-0.39, 0.29) is 0 Å². The van der Waals surface area contributed by atoms with Gasteiger partial charge in [-0.3, -0.25) is 0 Å². The lowest BCUT2D eigenvalue weighted by molar-refractivity contribution is 0.143. The first-order chi connectivity index (χ1) is 8.76. The molecule has 0 saturated carbocycles. The van der Waals surface area contributed by atoms with Gasteiger partial charge in [-0.15, -0.1) is 0 Å². The average Bonchev–Trinajstić information content (AvgIpc) is 2.39. The van der Waals surface area contributed by atoms with E-state index >= 15 is 0 Å². The Morgan fingerprint density at radius 2 is 2.33 bits per heavy atom. The highest BCUT2D eigenvalue weighted by Crippen LogP contribution is 2.29. The molecular formula is C15H20N2O. The molecule has 0 amide bonds. The molecule has 96 valence electrons. The van der Waals surface area contributed by atoms with Crippen LogP contribution in [0.4, 0.5) is 5.69 Å². The predicted octanol–water partition coefficient (Wildman–Crippen LogP) is 2.73. The molecule has 0 bridgehead atoms. The van der Waals surface area contributed by atoms with Crippen LogP contribution in [0.3, 0.4) is 0 Å². The zero-order valence-electron chi connectivity index (χ0n) is 11.1. The van der Waals surface area contributed by atoms with Gasteiger partial charge in [0, 0.05) is 20.2 Å². The van der Waals surface area contributed by atoms with E-state index in [1.165, 1.54) is 18.4 Å². The monoisotopic (exact) mass is 244 g/mol. The maximum absolute atomic E-state index is 9.24. The van der Waals surface area contributed by atoms with Crippen molar-refractivity contribution >= 4 is 5.69 Å². The van der Waals surface area contributed by atoms with Gasteiger partial charge in [-0.05, 0) is 37.3 Å². The van der Waals surface area contributed by atoms with Crippen LogP contribution in [0.1, 0.15) is 24.0 Å². The van der Waals surface area contributed by atoms with Crippen molar-refractivity contribution in [1.29, 1.82) is 5.26 Å². The van der Waals surface area contributed by atoms with E-state index < -0.39 is 0 Å². The summed E-state index contributed by atoms with van der Waals surface area (Å²) in [5.41, 5.74) is 3.08. The Balaban J connectivity index is 2.23. The molecule has 0 radical (unpaired) electrons. The molecule has 1 heterocycles. The number of hydrogen-bond acceptors (Lipinski definition) is 3. The molecule has 0 aromatic heterocycles. The largest absolute Gasteiger partial charge is 0.384 e. The van der Waals surface area contributed by atoms with Crippen LogP contribution in [0.2, 0.25) is 0 Å². The number of piperidine rings is 1. The third kappa shape index (κ3) is 2.65. The van der Waals surface area contributed by atoms with Crippen molar-refractivity contribution in [3.63, 3.8) is 0 Å². The molecule has 18 heavy (non-hydrogen) atoms. The lowest BCUT2D eigenvalue weighted by Crippen LogP contribution is -2.37. The molecule has 1 aliphatic heterocycles. The molecule has 1 unspecified atom stereocenters. The second-order valence-corrected chi connectivity index (χ2v) is 4.99. The number of methoxy groups -OCH3 is 1. The Morgan fingerprint density at radius 1 is 1.50 bits per heavy atom. The Morgan fingerprint density at radius 3 is 3.06 bits per heavy atom. The van der Waals surface area contributed by atoms with E-state index in [1.54, 1.807) is 7.11 Å². The fourth-order valence-electron chi connectivity index (χ4n) is 2.81. The normalized spacial score (nSPS) is 19.6. The summed E-state index contributed by atoms with van der Waals surface area (Å²) in [6, 6.07) is 8.24.